The number of aryl methyl sites for hydroxylation is 1. The number of hydrogen-bond donors (Lipinski definition) is 1. The minimum Gasteiger partial charge on any atom is -0.302 e. The molecule has 0 aliphatic carbocycles. The van der Waals surface area contributed by atoms with E-state index in [0.29, 0.717) is 5.56 Å². The van der Waals surface area contributed by atoms with Crippen molar-refractivity contribution in [3.63, 3.8) is 0 Å². The quantitative estimate of drug-likeness (QED) is 0.822. The molecule has 0 aromatic heterocycles. The lowest BCUT2D eigenvalue weighted by Crippen LogP contribution is -2.08. The van der Waals surface area contributed by atoms with Crippen molar-refractivity contribution < 1.29 is 21.9 Å². The van der Waals surface area contributed by atoms with E-state index < -0.39 is 23.7 Å². The summed E-state index contributed by atoms with van der Waals surface area (Å²) in [4.78, 5) is 0.186. The summed E-state index contributed by atoms with van der Waals surface area (Å²) in [5.74, 6) is 0. The first-order valence-electron chi connectivity index (χ1n) is 4.15. The number of alkyl halides is 3. The van der Waals surface area contributed by atoms with Crippen LogP contribution in [0.2, 0.25) is 0 Å². The van der Waals surface area contributed by atoms with Gasteiger partial charge in [0, 0.05) is 6.42 Å². The number of halogens is 3. The van der Waals surface area contributed by atoms with Crippen molar-refractivity contribution in [2.24, 2.45) is 0 Å². The van der Waals surface area contributed by atoms with Gasteiger partial charge in [-0.15, -0.1) is 0 Å². The first-order valence-corrected chi connectivity index (χ1v) is 5.26. The third kappa shape index (κ3) is 4.44. The zero-order valence-electron chi connectivity index (χ0n) is 7.62. The van der Waals surface area contributed by atoms with E-state index in [0.717, 1.165) is 0 Å². The van der Waals surface area contributed by atoms with Gasteiger partial charge < -0.3 is 4.55 Å². The molecule has 1 atom stereocenters. The highest BCUT2D eigenvalue weighted by Gasteiger charge is 2.26. The number of benzene rings is 1. The molecule has 84 valence electrons. The van der Waals surface area contributed by atoms with E-state index in [1.165, 1.54) is 24.3 Å². The molecule has 0 fully saturated rings. The normalized spacial score (nSPS) is 13.9. The smallest absolute Gasteiger partial charge is 0.302 e. The van der Waals surface area contributed by atoms with Crippen molar-refractivity contribution in [1.82, 2.24) is 0 Å². The fourth-order valence-corrected chi connectivity index (χ4v) is 1.43. The zero-order valence-corrected chi connectivity index (χ0v) is 8.44. The number of hydrogen-bond acceptors (Lipinski definition) is 1. The molecule has 0 amide bonds. The van der Waals surface area contributed by atoms with Crippen molar-refractivity contribution >= 4 is 11.1 Å². The molecule has 15 heavy (non-hydrogen) atoms. The lowest BCUT2D eigenvalue weighted by Gasteiger charge is -2.05. The summed E-state index contributed by atoms with van der Waals surface area (Å²) in [6.07, 6.45) is -5.16. The highest BCUT2D eigenvalue weighted by molar-refractivity contribution is 7.79. The van der Waals surface area contributed by atoms with Crippen molar-refractivity contribution in [1.29, 1.82) is 0 Å². The lowest BCUT2D eigenvalue weighted by atomic mass is 10.1. The van der Waals surface area contributed by atoms with E-state index in [4.69, 9.17) is 4.55 Å². The summed E-state index contributed by atoms with van der Waals surface area (Å²) in [6, 6.07) is 5.55. The first-order chi connectivity index (χ1) is 6.88. The third-order valence-electron chi connectivity index (χ3n) is 1.82. The van der Waals surface area contributed by atoms with Crippen LogP contribution in [0, 0.1) is 0 Å². The maximum Gasteiger partial charge on any atom is 0.389 e. The third-order valence-corrected chi connectivity index (χ3v) is 2.50. The molecule has 0 spiro atoms. The Morgan fingerprint density at radius 1 is 1.20 bits per heavy atom. The van der Waals surface area contributed by atoms with E-state index >= 15 is 0 Å². The highest BCUT2D eigenvalue weighted by atomic mass is 32.2. The molecule has 1 aromatic carbocycles. The monoisotopic (exact) mass is 238 g/mol. The highest BCUT2D eigenvalue weighted by Crippen LogP contribution is 2.22. The zero-order chi connectivity index (χ0) is 11.5. The molecule has 0 bridgehead atoms. The molecule has 1 aromatic rings. The Morgan fingerprint density at radius 2 is 1.73 bits per heavy atom. The van der Waals surface area contributed by atoms with Crippen molar-refractivity contribution in [2.45, 2.75) is 23.9 Å². The average Bonchev–Trinajstić information content (AvgIpc) is 2.14. The summed E-state index contributed by atoms with van der Waals surface area (Å²) < 4.78 is 54.8. The summed E-state index contributed by atoms with van der Waals surface area (Å²) in [6.45, 7) is 0. The van der Waals surface area contributed by atoms with Gasteiger partial charge in [-0.05, 0) is 24.1 Å². The second-order valence-corrected chi connectivity index (χ2v) is 3.98. The van der Waals surface area contributed by atoms with Crippen LogP contribution >= 0.6 is 0 Å². The molecule has 0 aliphatic rings. The van der Waals surface area contributed by atoms with Gasteiger partial charge in [0.25, 0.3) is 0 Å². The molecule has 0 saturated heterocycles. The van der Waals surface area contributed by atoms with Gasteiger partial charge in [0.2, 0.25) is 0 Å². The predicted octanol–water partition coefficient (Wildman–Crippen LogP) is 2.76. The molecule has 0 radical (unpaired) electrons. The fourth-order valence-electron chi connectivity index (χ4n) is 1.06. The molecule has 1 rings (SSSR count). The molecule has 0 aliphatic heterocycles. The van der Waals surface area contributed by atoms with Gasteiger partial charge in [-0.25, -0.2) is 4.21 Å². The Kier molecular flexibility index (Phi) is 3.87. The van der Waals surface area contributed by atoms with Gasteiger partial charge in [-0.2, -0.15) is 13.2 Å². The molecule has 0 saturated carbocycles. The van der Waals surface area contributed by atoms with Crippen LogP contribution in [0.1, 0.15) is 12.0 Å². The molecule has 1 N–H and O–H groups in total. The Bertz CT molecular complexity index is 345. The Balaban J connectivity index is 2.61. The van der Waals surface area contributed by atoms with E-state index in [9.17, 15) is 17.4 Å². The topological polar surface area (TPSA) is 37.3 Å². The molecule has 2 nitrogen and oxygen atoms in total. The molecule has 1 unspecified atom stereocenters. The van der Waals surface area contributed by atoms with Gasteiger partial charge in [-0.3, -0.25) is 0 Å². The molecule has 0 heterocycles. The average molecular weight is 238 g/mol. The van der Waals surface area contributed by atoms with Crippen LogP contribution in [-0.4, -0.2) is 14.9 Å². The summed E-state index contributed by atoms with van der Waals surface area (Å²) in [5, 5.41) is 0. The molecule has 6 heteroatoms. The standard InChI is InChI=1S/C9H9F3O2S/c10-9(11,12)6-5-7-1-3-8(4-2-7)15(13)14/h1-4H,5-6H2,(H,13,14). The Labute approximate surface area is 87.4 Å². The van der Waals surface area contributed by atoms with E-state index in [-0.39, 0.29) is 11.3 Å². The van der Waals surface area contributed by atoms with Crippen LogP contribution in [-0.2, 0) is 17.5 Å². The number of rotatable bonds is 3. The van der Waals surface area contributed by atoms with Crippen LogP contribution in [0.3, 0.4) is 0 Å². The fraction of sp³-hybridized carbons (Fsp3) is 0.333. The summed E-state index contributed by atoms with van der Waals surface area (Å²) >= 11 is -2.08. The maximum atomic E-state index is 11.9. The van der Waals surface area contributed by atoms with Crippen LogP contribution in [0.5, 0.6) is 0 Å². The predicted molar refractivity (Wildman–Crippen MR) is 49.9 cm³/mol. The summed E-state index contributed by atoms with van der Waals surface area (Å²) in [7, 11) is 0. The van der Waals surface area contributed by atoms with Gasteiger partial charge in [0.15, 0.2) is 11.1 Å². The van der Waals surface area contributed by atoms with Gasteiger partial charge >= 0.3 is 6.18 Å². The van der Waals surface area contributed by atoms with E-state index in [1.54, 1.807) is 0 Å². The SMILES string of the molecule is O=S(O)c1ccc(CCC(F)(F)F)cc1. The van der Waals surface area contributed by atoms with E-state index in [2.05, 4.69) is 0 Å². The van der Waals surface area contributed by atoms with Crippen LogP contribution in [0.25, 0.3) is 0 Å². The minimum atomic E-state index is -4.17. The molecular formula is C9H9F3O2S. The Hall–Kier alpha value is -0.880. The minimum absolute atomic E-state index is 0.109. The van der Waals surface area contributed by atoms with Gasteiger partial charge in [0.1, 0.15) is 0 Å². The van der Waals surface area contributed by atoms with Gasteiger partial charge in [-0.1, -0.05) is 12.1 Å². The van der Waals surface area contributed by atoms with Crippen LogP contribution in [0.15, 0.2) is 29.2 Å². The van der Waals surface area contributed by atoms with Crippen molar-refractivity contribution in [3.8, 4) is 0 Å². The molecular weight excluding hydrogens is 229 g/mol. The van der Waals surface area contributed by atoms with Crippen LogP contribution in [0.4, 0.5) is 13.2 Å². The maximum absolute atomic E-state index is 11.9. The second-order valence-electron chi connectivity index (χ2n) is 3.01. The van der Waals surface area contributed by atoms with Crippen LogP contribution < -0.4 is 0 Å². The summed E-state index contributed by atoms with van der Waals surface area (Å²) in [5.41, 5.74) is 0.501. The van der Waals surface area contributed by atoms with Gasteiger partial charge in [0.05, 0.1) is 4.90 Å². The van der Waals surface area contributed by atoms with E-state index in [1.807, 2.05) is 0 Å². The van der Waals surface area contributed by atoms with Crippen molar-refractivity contribution in [2.75, 3.05) is 0 Å². The largest absolute Gasteiger partial charge is 0.389 e. The Morgan fingerprint density at radius 3 is 2.13 bits per heavy atom. The second kappa shape index (κ2) is 4.76. The van der Waals surface area contributed by atoms with Crippen molar-refractivity contribution in [3.05, 3.63) is 29.8 Å². The first kappa shape index (κ1) is 12.2. The lowest BCUT2D eigenvalue weighted by molar-refractivity contribution is -0.133.